The van der Waals surface area contributed by atoms with Crippen LogP contribution in [0.3, 0.4) is 0 Å². The summed E-state index contributed by atoms with van der Waals surface area (Å²) < 4.78 is 13.8. The summed E-state index contributed by atoms with van der Waals surface area (Å²) in [5, 5.41) is 4.02. The highest BCUT2D eigenvalue weighted by Gasteiger charge is 2.11. The first-order valence-corrected chi connectivity index (χ1v) is 8.31. The number of halogens is 1. The van der Waals surface area contributed by atoms with Crippen molar-refractivity contribution in [2.45, 2.75) is 6.92 Å². The molecule has 0 aliphatic rings. The summed E-state index contributed by atoms with van der Waals surface area (Å²) in [6.07, 6.45) is 3.46. The maximum atomic E-state index is 13.8. The second-order valence-corrected chi connectivity index (χ2v) is 6.14. The molecule has 0 bridgehead atoms. The minimum absolute atomic E-state index is 0.239. The van der Waals surface area contributed by atoms with Gasteiger partial charge >= 0.3 is 0 Å². The third kappa shape index (κ3) is 2.99. The first-order chi connectivity index (χ1) is 12.6. The van der Waals surface area contributed by atoms with E-state index in [1.807, 2.05) is 50.4 Å². The first-order valence-electron chi connectivity index (χ1n) is 8.31. The van der Waals surface area contributed by atoms with Gasteiger partial charge in [0.2, 0.25) is 0 Å². The molecule has 0 fully saturated rings. The number of fused-ring (bicyclic) bond motifs is 1. The minimum Gasteiger partial charge on any atom is -0.373 e. The van der Waals surface area contributed by atoms with Gasteiger partial charge in [0.25, 0.3) is 0 Å². The number of nitrogens with zero attached hydrogens (tertiary/aromatic N) is 3. The average Bonchev–Trinajstić information content (AvgIpc) is 2.66. The van der Waals surface area contributed by atoms with Crippen molar-refractivity contribution in [2.75, 3.05) is 12.4 Å². The predicted octanol–water partition coefficient (Wildman–Crippen LogP) is 4.85. The third-order valence-corrected chi connectivity index (χ3v) is 4.23. The highest BCUT2D eigenvalue weighted by Crippen LogP contribution is 2.30. The molecule has 0 unspecified atom stereocenters. The van der Waals surface area contributed by atoms with Crippen LogP contribution in [0, 0.1) is 12.7 Å². The van der Waals surface area contributed by atoms with Gasteiger partial charge in [0.05, 0.1) is 5.52 Å². The SMILES string of the molecule is CNc1nc(-c2cccnc2)nc2ccc(-c3cc(C)cc(F)c3)cc12. The molecule has 0 atom stereocenters. The van der Waals surface area contributed by atoms with Crippen LogP contribution in [-0.2, 0) is 0 Å². The van der Waals surface area contributed by atoms with Gasteiger partial charge in [-0.15, -0.1) is 0 Å². The van der Waals surface area contributed by atoms with Crippen molar-refractivity contribution in [3.05, 3.63) is 72.3 Å². The van der Waals surface area contributed by atoms with Crippen molar-refractivity contribution in [1.29, 1.82) is 0 Å². The Hall–Kier alpha value is -3.34. The van der Waals surface area contributed by atoms with Gasteiger partial charge < -0.3 is 5.32 Å². The molecule has 0 aliphatic heterocycles. The number of hydrogen-bond acceptors (Lipinski definition) is 4. The lowest BCUT2D eigenvalue weighted by Crippen LogP contribution is -1.99. The molecule has 26 heavy (non-hydrogen) atoms. The number of aromatic nitrogens is 3. The molecule has 1 N–H and O–H groups in total. The fourth-order valence-electron chi connectivity index (χ4n) is 3.03. The summed E-state index contributed by atoms with van der Waals surface area (Å²) in [6, 6.07) is 14.7. The largest absolute Gasteiger partial charge is 0.373 e. The highest BCUT2D eigenvalue weighted by molar-refractivity contribution is 5.93. The van der Waals surface area contributed by atoms with Crippen LogP contribution in [0.25, 0.3) is 33.4 Å². The van der Waals surface area contributed by atoms with Gasteiger partial charge in [-0.25, -0.2) is 14.4 Å². The molecule has 5 heteroatoms. The quantitative estimate of drug-likeness (QED) is 0.577. The second-order valence-electron chi connectivity index (χ2n) is 6.14. The molecule has 4 rings (SSSR count). The van der Waals surface area contributed by atoms with Crippen molar-refractivity contribution >= 4 is 16.7 Å². The molecule has 2 heterocycles. The molecule has 0 saturated carbocycles. The van der Waals surface area contributed by atoms with Crippen LogP contribution < -0.4 is 5.32 Å². The maximum absolute atomic E-state index is 13.8. The predicted molar refractivity (Wildman–Crippen MR) is 102 cm³/mol. The Morgan fingerprint density at radius 1 is 0.923 bits per heavy atom. The Morgan fingerprint density at radius 3 is 2.54 bits per heavy atom. The Morgan fingerprint density at radius 2 is 1.81 bits per heavy atom. The van der Waals surface area contributed by atoms with Crippen molar-refractivity contribution in [1.82, 2.24) is 15.0 Å². The standard InChI is InChI=1S/C21H17FN4/c1-13-8-16(10-17(22)9-13)14-5-6-19-18(11-14)21(23-2)26-20(25-19)15-4-3-7-24-12-15/h3-12H,1-2H3,(H,23,25,26). The van der Waals surface area contributed by atoms with E-state index in [-0.39, 0.29) is 5.82 Å². The summed E-state index contributed by atoms with van der Waals surface area (Å²) >= 11 is 0. The third-order valence-electron chi connectivity index (χ3n) is 4.23. The topological polar surface area (TPSA) is 50.7 Å². The number of hydrogen-bond donors (Lipinski definition) is 1. The second kappa shape index (κ2) is 6.52. The van der Waals surface area contributed by atoms with E-state index in [1.165, 1.54) is 12.1 Å². The number of pyridine rings is 1. The summed E-state index contributed by atoms with van der Waals surface area (Å²) in [7, 11) is 1.83. The fraction of sp³-hybridized carbons (Fsp3) is 0.0952. The Bertz CT molecular complexity index is 1070. The number of nitrogens with one attached hydrogen (secondary N) is 1. The van der Waals surface area contributed by atoms with Crippen LogP contribution in [0.1, 0.15) is 5.56 Å². The Labute approximate surface area is 150 Å². The van der Waals surface area contributed by atoms with E-state index < -0.39 is 0 Å². The molecule has 128 valence electrons. The van der Waals surface area contributed by atoms with Gasteiger partial charge in [-0.05, 0) is 60.0 Å². The maximum Gasteiger partial charge on any atom is 0.163 e. The Kier molecular flexibility index (Phi) is 4.05. The zero-order valence-electron chi connectivity index (χ0n) is 14.5. The average molecular weight is 344 g/mol. The zero-order valence-corrected chi connectivity index (χ0v) is 14.5. The van der Waals surface area contributed by atoms with Gasteiger partial charge in [0.15, 0.2) is 5.82 Å². The molecule has 2 aromatic carbocycles. The lowest BCUT2D eigenvalue weighted by atomic mass is 10.0. The van der Waals surface area contributed by atoms with Crippen LogP contribution in [0.2, 0.25) is 0 Å². The molecule has 0 radical (unpaired) electrons. The monoisotopic (exact) mass is 344 g/mol. The van der Waals surface area contributed by atoms with E-state index in [0.717, 1.165) is 39.0 Å². The van der Waals surface area contributed by atoms with Gasteiger partial charge in [-0.2, -0.15) is 0 Å². The summed E-state index contributed by atoms with van der Waals surface area (Å²) in [6.45, 7) is 1.88. The normalized spacial score (nSPS) is 10.9. The van der Waals surface area contributed by atoms with E-state index in [4.69, 9.17) is 0 Å². The molecule has 0 aliphatic carbocycles. The summed E-state index contributed by atoms with van der Waals surface area (Å²) in [5.74, 6) is 1.10. The molecule has 4 aromatic rings. The van der Waals surface area contributed by atoms with E-state index in [1.54, 1.807) is 12.4 Å². The molecule has 2 aromatic heterocycles. The smallest absolute Gasteiger partial charge is 0.163 e. The van der Waals surface area contributed by atoms with E-state index in [2.05, 4.69) is 20.3 Å². The number of benzene rings is 2. The molecule has 4 nitrogen and oxygen atoms in total. The van der Waals surface area contributed by atoms with Gasteiger partial charge in [-0.1, -0.05) is 12.1 Å². The van der Waals surface area contributed by atoms with Gasteiger partial charge in [-0.3, -0.25) is 4.98 Å². The van der Waals surface area contributed by atoms with Crippen molar-refractivity contribution in [3.8, 4) is 22.5 Å². The molecular formula is C21H17FN4. The number of aryl methyl sites for hydroxylation is 1. The van der Waals surface area contributed by atoms with Crippen molar-refractivity contribution < 1.29 is 4.39 Å². The van der Waals surface area contributed by atoms with E-state index in [9.17, 15) is 4.39 Å². The van der Waals surface area contributed by atoms with Crippen LogP contribution in [0.15, 0.2) is 60.9 Å². The highest BCUT2D eigenvalue weighted by atomic mass is 19.1. The van der Waals surface area contributed by atoms with Gasteiger partial charge in [0.1, 0.15) is 11.6 Å². The summed E-state index contributed by atoms with van der Waals surface area (Å²) in [4.78, 5) is 13.4. The lowest BCUT2D eigenvalue weighted by Gasteiger charge is -2.10. The molecule has 0 saturated heterocycles. The summed E-state index contributed by atoms with van der Waals surface area (Å²) in [5.41, 5.74) is 4.32. The van der Waals surface area contributed by atoms with E-state index in [0.29, 0.717) is 5.82 Å². The molecule has 0 amide bonds. The van der Waals surface area contributed by atoms with Crippen LogP contribution in [-0.4, -0.2) is 22.0 Å². The lowest BCUT2D eigenvalue weighted by molar-refractivity contribution is 0.627. The molecular weight excluding hydrogens is 327 g/mol. The number of anilines is 1. The fourth-order valence-corrected chi connectivity index (χ4v) is 3.03. The molecule has 0 spiro atoms. The van der Waals surface area contributed by atoms with E-state index >= 15 is 0 Å². The van der Waals surface area contributed by atoms with Gasteiger partial charge in [0, 0.05) is 30.4 Å². The number of rotatable bonds is 3. The first kappa shape index (κ1) is 16.1. The zero-order chi connectivity index (χ0) is 18.1. The van der Waals surface area contributed by atoms with Crippen LogP contribution in [0.4, 0.5) is 10.2 Å². The minimum atomic E-state index is -0.239. The Balaban J connectivity index is 1.88. The van der Waals surface area contributed by atoms with Crippen molar-refractivity contribution in [3.63, 3.8) is 0 Å². The van der Waals surface area contributed by atoms with Crippen LogP contribution >= 0.6 is 0 Å². The van der Waals surface area contributed by atoms with Crippen molar-refractivity contribution in [2.24, 2.45) is 0 Å². The van der Waals surface area contributed by atoms with Crippen LogP contribution in [0.5, 0.6) is 0 Å².